The smallest absolute Gasteiger partial charge is 0.194 e. The molecule has 0 amide bonds. The average molecular weight is 465 g/mol. The van der Waals surface area contributed by atoms with E-state index in [1.54, 1.807) is 30.3 Å². The van der Waals surface area contributed by atoms with Crippen molar-refractivity contribution in [2.45, 2.75) is 43.0 Å². The molecule has 2 heterocycles. The molecule has 32 heavy (non-hydrogen) atoms. The van der Waals surface area contributed by atoms with E-state index in [2.05, 4.69) is 0 Å². The molecule has 6 unspecified atom stereocenters. The van der Waals surface area contributed by atoms with E-state index in [0.29, 0.717) is 30.1 Å². The number of aliphatic hydroxyl groups excluding tert-OH is 4. The van der Waals surface area contributed by atoms with E-state index in [-0.39, 0.29) is 22.5 Å². The lowest BCUT2D eigenvalue weighted by Gasteiger charge is -2.40. The second kappa shape index (κ2) is 9.84. The van der Waals surface area contributed by atoms with Gasteiger partial charge in [0, 0.05) is 17.5 Å². The molecule has 0 bridgehead atoms. The van der Waals surface area contributed by atoms with Gasteiger partial charge in [0.05, 0.1) is 24.8 Å². The van der Waals surface area contributed by atoms with Crippen molar-refractivity contribution in [3.63, 3.8) is 0 Å². The van der Waals surface area contributed by atoms with Crippen molar-refractivity contribution in [3.8, 4) is 5.75 Å². The van der Waals surface area contributed by atoms with Crippen molar-refractivity contribution in [2.24, 2.45) is 0 Å². The third kappa shape index (κ3) is 4.67. The van der Waals surface area contributed by atoms with Gasteiger partial charge in [-0.25, -0.2) is 0 Å². The number of hydrogen-bond acceptors (Lipinski definition) is 8. The van der Waals surface area contributed by atoms with Crippen LogP contribution >= 0.6 is 11.6 Å². The quantitative estimate of drug-likeness (QED) is 0.471. The van der Waals surface area contributed by atoms with Gasteiger partial charge in [0.1, 0.15) is 42.4 Å². The van der Waals surface area contributed by atoms with Gasteiger partial charge in [0.25, 0.3) is 0 Å². The minimum atomic E-state index is -1.52. The lowest BCUT2D eigenvalue weighted by Crippen LogP contribution is -2.55. The predicted molar refractivity (Wildman–Crippen MR) is 114 cm³/mol. The van der Waals surface area contributed by atoms with Crippen LogP contribution in [-0.2, 0) is 9.47 Å². The number of benzene rings is 2. The van der Waals surface area contributed by atoms with Gasteiger partial charge in [-0.1, -0.05) is 17.7 Å². The molecule has 4 rings (SSSR count). The van der Waals surface area contributed by atoms with E-state index < -0.39 is 37.1 Å². The van der Waals surface area contributed by atoms with Crippen LogP contribution in [0, 0.1) is 0 Å². The first kappa shape index (κ1) is 23.1. The number of aliphatic hydroxyl groups is 4. The van der Waals surface area contributed by atoms with Gasteiger partial charge in [-0.05, 0) is 42.0 Å². The zero-order chi connectivity index (χ0) is 22.8. The van der Waals surface area contributed by atoms with Gasteiger partial charge < -0.3 is 34.6 Å². The lowest BCUT2D eigenvalue weighted by atomic mass is 9.90. The molecule has 0 aromatic heterocycles. The summed E-state index contributed by atoms with van der Waals surface area (Å²) in [5.41, 5.74) is 0.975. The Morgan fingerprint density at radius 3 is 2.47 bits per heavy atom. The van der Waals surface area contributed by atoms with Crippen molar-refractivity contribution >= 4 is 17.4 Å². The van der Waals surface area contributed by atoms with Crippen LogP contribution in [0.25, 0.3) is 0 Å². The summed E-state index contributed by atoms with van der Waals surface area (Å²) < 4.78 is 16.7. The van der Waals surface area contributed by atoms with Gasteiger partial charge in [0.15, 0.2) is 5.78 Å². The molecule has 9 heteroatoms. The second-order valence-electron chi connectivity index (χ2n) is 7.95. The highest BCUT2D eigenvalue weighted by atomic mass is 35.5. The number of halogens is 1. The number of hydrogen-bond donors (Lipinski definition) is 4. The Bertz CT molecular complexity index is 942. The normalized spacial score (nSPS) is 30.3. The Labute approximate surface area is 189 Å². The first-order valence-corrected chi connectivity index (χ1v) is 10.8. The molecule has 6 atom stereocenters. The molecule has 2 fully saturated rings. The molecule has 0 radical (unpaired) electrons. The summed E-state index contributed by atoms with van der Waals surface area (Å²) in [5, 5.41) is 40.1. The molecule has 2 aliphatic heterocycles. The molecule has 0 saturated carbocycles. The molecular formula is C23H25ClO8. The number of ether oxygens (including phenoxy) is 3. The maximum atomic E-state index is 13.1. The zero-order valence-electron chi connectivity index (χ0n) is 17.1. The molecule has 172 valence electrons. The van der Waals surface area contributed by atoms with Crippen molar-refractivity contribution < 1.29 is 39.4 Å². The van der Waals surface area contributed by atoms with Crippen LogP contribution in [0.15, 0.2) is 42.5 Å². The highest BCUT2D eigenvalue weighted by Gasteiger charge is 2.44. The van der Waals surface area contributed by atoms with E-state index in [1.165, 1.54) is 12.1 Å². The summed E-state index contributed by atoms with van der Waals surface area (Å²) in [6.07, 6.45) is -5.71. The Balaban J connectivity index is 1.55. The van der Waals surface area contributed by atoms with E-state index in [4.69, 9.17) is 25.8 Å². The average Bonchev–Trinajstić information content (AvgIpc) is 3.31. The van der Waals surface area contributed by atoms with Crippen LogP contribution in [0.1, 0.15) is 34.0 Å². The number of ketones is 1. The molecule has 2 saturated heterocycles. The molecular weight excluding hydrogens is 440 g/mol. The first-order chi connectivity index (χ1) is 15.4. The van der Waals surface area contributed by atoms with Crippen LogP contribution in [0.2, 0.25) is 5.02 Å². The largest absolute Gasteiger partial charge is 0.488 e. The summed E-state index contributed by atoms with van der Waals surface area (Å²) in [7, 11) is 0. The van der Waals surface area contributed by atoms with Gasteiger partial charge >= 0.3 is 0 Å². The van der Waals surface area contributed by atoms with Crippen molar-refractivity contribution in [3.05, 3.63) is 64.2 Å². The minimum absolute atomic E-state index is 0.00112. The minimum Gasteiger partial charge on any atom is -0.488 e. The highest BCUT2D eigenvalue weighted by molar-refractivity contribution is 6.35. The molecule has 0 spiro atoms. The van der Waals surface area contributed by atoms with Crippen LogP contribution in [0.4, 0.5) is 0 Å². The molecule has 2 aromatic rings. The summed E-state index contributed by atoms with van der Waals surface area (Å²) in [5.74, 6) is 0.301. The fourth-order valence-electron chi connectivity index (χ4n) is 3.91. The van der Waals surface area contributed by atoms with Crippen molar-refractivity contribution in [1.29, 1.82) is 0 Å². The summed E-state index contributed by atoms with van der Waals surface area (Å²) in [4.78, 5) is 13.1. The third-order valence-corrected chi connectivity index (χ3v) is 6.09. The molecule has 2 aliphatic rings. The highest BCUT2D eigenvalue weighted by Crippen LogP contribution is 2.34. The Morgan fingerprint density at radius 2 is 1.81 bits per heavy atom. The van der Waals surface area contributed by atoms with Crippen LogP contribution in [0.3, 0.4) is 0 Å². The van der Waals surface area contributed by atoms with Gasteiger partial charge in [-0.15, -0.1) is 0 Å². The Kier molecular flexibility index (Phi) is 7.11. The number of carbonyl (C=O) groups is 1. The fourth-order valence-corrected chi connectivity index (χ4v) is 4.11. The molecule has 4 N–H and O–H groups in total. The second-order valence-corrected chi connectivity index (χ2v) is 8.35. The maximum absolute atomic E-state index is 13.1. The van der Waals surface area contributed by atoms with Gasteiger partial charge in [0.2, 0.25) is 0 Å². The van der Waals surface area contributed by atoms with Crippen molar-refractivity contribution in [2.75, 3.05) is 19.8 Å². The maximum Gasteiger partial charge on any atom is 0.194 e. The topological polar surface area (TPSA) is 126 Å². The molecule has 2 aromatic carbocycles. The van der Waals surface area contributed by atoms with Gasteiger partial charge in [-0.3, -0.25) is 4.79 Å². The Hall–Kier alpha value is -2.04. The van der Waals surface area contributed by atoms with E-state index >= 15 is 0 Å². The number of rotatable bonds is 6. The summed E-state index contributed by atoms with van der Waals surface area (Å²) in [6, 6.07) is 11.3. The first-order valence-electron chi connectivity index (χ1n) is 10.4. The lowest BCUT2D eigenvalue weighted by molar-refractivity contribution is -0.231. The standard InChI is InChI=1S/C23H25ClO8/c24-17-6-3-13(23-22(29)21(28)20(27)18(10-25)32-23)9-16(17)19(26)12-1-4-14(5-2-12)31-15-7-8-30-11-15/h1-6,9,15,18,20-23,25,27-29H,7-8,10-11H2. The summed E-state index contributed by atoms with van der Waals surface area (Å²) in [6.45, 7) is 0.674. The van der Waals surface area contributed by atoms with Gasteiger partial charge in [-0.2, -0.15) is 0 Å². The van der Waals surface area contributed by atoms with Crippen molar-refractivity contribution in [1.82, 2.24) is 0 Å². The zero-order valence-corrected chi connectivity index (χ0v) is 17.9. The molecule has 0 aliphatic carbocycles. The van der Waals surface area contributed by atoms with E-state index in [9.17, 15) is 25.2 Å². The van der Waals surface area contributed by atoms with E-state index in [1.807, 2.05) is 0 Å². The van der Waals surface area contributed by atoms with E-state index in [0.717, 1.165) is 6.42 Å². The Morgan fingerprint density at radius 1 is 1.06 bits per heavy atom. The SMILES string of the molecule is O=C(c1ccc(OC2CCOC2)cc1)c1cc(C2OC(CO)C(O)C(O)C2O)ccc1Cl. The van der Waals surface area contributed by atoms with Crippen LogP contribution in [-0.4, -0.2) is 76.5 Å². The number of carbonyl (C=O) groups excluding carboxylic acids is 1. The monoisotopic (exact) mass is 464 g/mol. The molecule has 8 nitrogen and oxygen atoms in total. The summed E-state index contributed by atoms with van der Waals surface area (Å²) >= 11 is 6.28. The predicted octanol–water partition coefficient (Wildman–Crippen LogP) is 1.25. The fraction of sp³-hybridized carbons (Fsp3) is 0.435. The van der Waals surface area contributed by atoms with Crippen LogP contribution in [0.5, 0.6) is 5.75 Å². The van der Waals surface area contributed by atoms with Crippen LogP contribution < -0.4 is 4.74 Å². The third-order valence-electron chi connectivity index (χ3n) is 5.76.